The lowest BCUT2D eigenvalue weighted by Crippen LogP contribution is -2.70. The van der Waals surface area contributed by atoms with Crippen LogP contribution >= 0.6 is 15.6 Å². The van der Waals surface area contributed by atoms with Crippen LogP contribution in [0.2, 0.25) is 0 Å². The maximum absolute atomic E-state index is 13.7. The number of rotatable bonds is 44. The smallest absolute Gasteiger partial charge is 0.479 e. The number of hydrogen-bond donors (Lipinski definition) is 9. The predicted octanol–water partition coefficient (Wildman–Crippen LogP) is 5.09. The van der Waals surface area contributed by atoms with Crippen LogP contribution in [-0.4, -0.2) is 195 Å². The molecule has 2 amide bonds. The molecule has 30 nitrogen and oxygen atoms in total. The largest absolute Gasteiger partial charge is 0.483 e. The van der Waals surface area contributed by atoms with E-state index in [-0.39, 0.29) is 12.8 Å². The number of carboxylic acid groups (broad SMARTS) is 1. The molecular weight excluding hydrogens is 1220 g/mol. The van der Waals surface area contributed by atoms with Crippen LogP contribution in [0.15, 0.2) is 0 Å². The molecule has 0 saturated carbocycles. The molecule has 2 unspecified atom stereocenters. The maximum atomic E-state index is 13.7. The SMILES string of the molecule is CCCCCCCCCCCCCC(=O)OC[C@H](COP(=O)(O)OP(=O)(O)O[C@H]1O[C@H](COC(C)=O)[C@@H](O[C@@H]2O[C@H](C(=O)O)[C@@H](O[C@H]3O[C@H](C)[C@H](OC(C)=O)[C@@H](O)[C@H]3O)[C@H](O)[C@@H]2NC(C)=O)[C@H](O)[C@H]1NC(C)=O)OC(=O)CCCCCCCCCCCCC. The van der Waals surface area contributed by atoms with E-state index in [4.69, 9.17) is 51.7 Å². The van der Waals surface area contributed by atoms with Crippen molar-refractivity contribution in [2.24, 2.45) is 0 Å². The number of unbranched alkanes of at least 4 members (excludes halogenated alkanes) is 20. The number of ether oxygens (including phenoxy) is 9. The summed E-state index contributed by atoms with van der Waals surface area (Å²) in [6.07, 6.45) is -4.56. The van der Waals surface area contributed by atoms with E-state index >= 15 is 0 Å². The average Bonchev–Trinajstić information content (AvgIpc) is 0.839. The molecule has 3 fully saturated rings. The van der Waals surface area contributed by atoms with Gasteiger partial charge in [-0.3, -0.25) is 37.8 Å². The van der Waals surface area contributed by atoms with Crippen molar-refractivity contribution in [3.05, 3.63) is 0 Å². The van der Waals surface area contributed by atoms with Crippen LogP contribution < -0.4 is 10.6 Å². The van der Waals surface area contributed by atoms with Crippen molar-refractivity contribution in [3.63, 3.8) is 0 Å². The van der Waals surface area contributed by atoms with Crippen LogP contribution in [0.3, 0.4) is 0 Å². The van der Waals surface area contributed by atoms with Gasteiger partial charge in [0.25, 0.3) is 0 Å². The Kier molecular flexibility index (Phi) is 37.2. The highest BCUT2D eigenvalue weighted by atomic mass is 31.3. The highest BCUT2D eigenvalue weighted by molar-refractivity contribution is 7.61. The lowest BCUT2D eigenvalue weighted by Gasteiger charge is -2.49. The molecule has 3 rings (SSSR count). The Bertz CT molecular complexity index is 2250. The topological polar surface area (TPSA) is 430 Å². The normalized spacial score (nSPS) is 28.7. The van der Waals surface area contributed by atoms with Crippen LogP contribution in [0.25, 0.3) is 0 Å². The van der Waals surface area contributed by atoms with Crippen molar-refractivity contribution >= 4 is 57.3 Å². The number of aliphatic hydroxyl groups excluding tert-OH is 4. The van der Waals surface area contributed by atoms with Crippen LogP contribution in [0.1, 0.15) is 203 Å². The number of hydrogen-bond acceptors (Lipinski definition) is 25. The van der Waals surface area contributed by atoms with Crippen molar-refractivity contribution in [2.45, 2.75) is 301 Å². The molecule has 0 aromatic rings. The Balaban J connectivity index is 1.78. The molecule has 3 aliphatic heterocycles. The van der Waals surface area contributed by atoms with E-state index in [1.54, 1.807) is 0 Å². The first-order valence-electron chi connectivity index (χ1n) is 31.2. The fourth-order valence-corrected chi connectivity index (χ4v) is 12.5. The fourth-order valence-electron chi connectivity index (χ4n) is 10.4. The zero-order chi connectivity index (χ0) is 66.3. The quantitative estimate of drug-likeness (QED) is 0.0166. The molecule has 89 heavy (non-hydrogen) atoms. The predicted molar refractivity (Wildman–Crippen MR) is 311 cm³/mol. The second-order valence-corrected chi connectivity index (χ2v) is 25.8. The Labute approximate surface area is 520 Å². The molecule has 0 radical (unpaired) electrons. The number of esters is 4. The summed E-state index contributed by atoms with van der Waals surface area (Å²) in [5, 5.41) is 60.2. The Morgan fingerprint density at radius 3 is 1.47 bits per heavy atom. The molecule has 32 heteroatoms. The van der Waals surface area contributed by atoms with Crippen LogP contribution in [-0.2, 0) is 98.7 Å². The van der Waals surface area contributed by atoms with Gasteiger partial charge in [-0.2, -0.15) is 4.31 Å². The highest BCUT2D eigenvalue weighted by Gasteiger charge is 2.57. The minimum absolute atomic E-state index is 0.0326. The molecule has 0 spiro atoms. The number of carbonyl (C=O) groups excluding carboxylic acids is 6. The van der Waals surface area contributed by atoms with Gasteiger partial charge in [-0.1, -0.05) is 142 Å². The standard InChI is InChI=1S/C57H100N2O28P2/c1-8-10-12-14-16-18-20-22-24-26-28-30-42(64)77-32-40(81-43(65)31-29-27-25-23-21-19-17-15-13-11-9-2)33-78-88(72,73)87-89(74,75)86-56-45(59-37(5)61)46(66)51(41(82-56)34-76-38(6)62)83-55-44(58-36(4)60)47(67)52(53(85-55)54(70)71)84-57-49(69)48(68)50(35(3)79-57)80-39(7)63/h35,40-41,44-53,55-57,66-69H,8-34H2,1-7H3,(H,58,60)(H,59,61)(H,70,71)(H,72,73)(H,74,75)/t35-,40-,41-,44+,45-,46-,47-,48+,49-,50+,51-,52+,53+,55-,56-,57-/m1/s1. The van der Waals surface area contributed by atoms with Crippen molar-refractivity contribution in [3.8, 4) is 0 Å². The highest BCUT2D eigenvalue weighted by Crippen LogP contribution is 2.61. The summed E-state index contributed by atoms with van der Waals surface area (Å²) in [4.78, 5) is 110. The van der Waals surface area contributed by atoms with Crippen LogP contribution in [0.5, 0.6) is 0 Å². The minimum atomic E-state index is -6.01. The van der Waals surface area contributed by atoms with Gasteiger partial charge >= 0.3 is 45.5 Å². The lowest BCUT2D eigenvalue weighted by atomic mass is 9.94. The number of carboxylic acids is 1. The first-order valence-corrected chi connectivity index (χ1v) is 34.2. The molecule has 3 saturated heterocycles. The number of amides is 2. The van der Waals surface area contributed by atoms with Gasteiger partial charge < -0.3 is 88.6 Å². The molecule has 0 aromatic carbocycles. The second kappa shape index (κ2) is 41.7. The van der Waals surface area contributed by atoms with Crippen molar-refractivity contribution in [1.82, 2.24) is 10.6 Å². The minimum Gasteiger partial charge on any atom is -0.479 e. The van der Waals surface area contributed by atoms with E-state index in [9.17, 15) is 78.0 Å². The summed E-state index contributed by atoms with van der Waals surface area (Å²) < 4.78 is 91.6. The van der Waals surface area contributed by atoms with Gasteiger partial charge in [0, 0.05) is 40.5 Å². The van der Waals surface area contributed by atoms with Gasteiger partial charge in [0.2, 0.25) is 11.8 Å². The molecular formula is C57H100N2O28P2. The third-order valence-corrected chi connectivity index (χ3v) is 17.5. The molecule has 0 aliphatic carbocycles. The third kappa shape index (κ3) is 30.2. The summed E-state index contributed by atoms with van der Waals surface area (Å²) in [6.45, 7) is 6.93. The Morgan fingerprint density at radius 1 is 0.517 bits per heavy atom. The van der Waals surface area contributed by atoms with Crippen molar-refractivity contribution in [2.75, 3.05) is 19.8 Å². The van der Waals surface area contributed by atoms with Crippen LogP contribution in [0.4, 0.5) is 0 Å². The molecule has 3 aliphatic rings. The summed E-state index contributed by atoms with van der Waals surface area (Å²) in [5.41, 5.74) is 0. The molecule has 9 N–H and O–H groups in total. The van der Waals surface area contributed by atoms with E-state index in [1.807, 2.05) is 0 Å². The summed E-state index contributed by atoms with van der Waals surface area (Å²) >= 11 is 0. The first kappa shape index (κ1) is 79.4. The lowest BCUT2D eigenvalue weighted by molar-refractivity contribution is -0.353. The van der Waals surface area contributed by atoms with Gasteiger partial charge in [0.05, 0.1) is 12.7 Å². The van der Waals surface area contributed by atoms with Gasteiger partial charge in [-0.15, -0.1) is 0 Å². The maximum Gasteiger partial charge on any atom is 0.483 e. The monoisotopic (exact) mass is 1320 g/mol. The molecule has 3 heterocycles. The van der Waals surface area contributed by atoms with E-state index in [0.29, 0.717) is 12.8 Å². The molecule has 0 aromatic heterocycles. The summed E-state index contributed by atoms with van der Waals surface area (Å²) in [7, 11) is -11.8. The number of phosphoric ester groups is 2. The fraction of sp³-hybridized carbons (Fsp3) is 0.877. The number of aliphatic hydroxyl groups is 4. The van der Waals surface area contributed by atoms with Crippen molar-refractivity contribution in [1.29, 1.82) is 0 Å². The van der Waals surface area contributed by atoms with Gasteiger partial charge in [0.1, 0.15) is 68.0 Å². The van der Waals surface area contributed by atoms with Crippen molar-refractivity contribution < 1.29 is 134 Å². The molecule has 516 valence electrons. The van der Waals surface area contributed by atoms with E-state index in [0.717, 1.165) is 91.9 Å². The first-order chi connectivity index (χ1) is 42.1. The van der Waals surface area contributed by atoms with Gasteiger partial charge in [-0.05, 0) is 19.8 Å². The number of phosphoric acid groups is 2. The number of nitrogens with one attached hydrogen (secondary N) is 2. The van der Waals surface area contributed by atoms with E-state index < -0.39 is 175 Å². The Hall–Kier alpha value is -3.81. The number of aliphatic carboxylic acids is 1. The number of carbonyl (C=O) groups is 7. The zero-order valence-corrected chi connectivity index (χ0v) is 54.2. The third-order valence-electron chi connectivity index (χ3n) is 14.9. The molecule has 0 bridgehead atoms. The van der Waals surface area contributed by atoms with Gasteiger partial charge in [-0.25, -0.2) is 13.9 Å². The Morgan fingerprint density at radius 2 is 0.989 bits per heavy atom. The van der Waals surface area contributed by atoms with Crippen LogP contribution in [0, 0.1) is 0 Å². The second-order valence-electron chi connectivity index (χ2n) is 22.8. The van der Waals surface area contributed by atoms with E-state index in [1.165, 1.54) is 71.1 Å². The summed E-state index contributed by atoms with van der Waals surface area (Å²) in [5.74, 6) is -6.94. The summed E-state index contributed by atoms with van der Waals surface area (Å²) in [6, 6.07) is -3.94. The zero-order valence-electron chi connectivity index (χ0n) is 52.4. The van der Waals surface area contributed by atoms with Gasteiger partial charge in [0.15, 0.2) is 37.2 Å². The van der Waals surface area contributed by atoms with E-state index in [2.05, 4.69) is 28.8 Å². The average molecular weight is 1320 g/mol. The molecule has 18 atom stereocenters.